The van der Waals surface area contributed by atoms with Gasteiger partial charge in [-0.25, -0.2) is 0 Å². The third-order valence-electron chi connectivity index (χ3n) is 2.27. The monoisotopic (exact) mass is 199 g/mol. The number of carboxylic acid groups (broad SMARTS) is 1. The van der Waals surface area contributed by atoms with Crippen molar-refractivity contribution in [2.24, 2.45) is 5.41 Å². The van der Waals surface area contributed by atoms with Gasteiger partial charge in [0.25, 0.3) is 0 Å². The van der Waals surface area contributed by atoms with Gasteiger partial charge in [0, 0.05) is 13.0 Å². The van der Waals surface area contributed by atoms with Gasteiger partial charge < -0.3 is 5.11 Å². The predicted octanol–water partition coefficient (Wildman–Crippen LogP) is 0.246. The van der Waals surface area contributed by atoms with Gasteiger partial charge in [-0.3, -0.25) is 19.3 Å². The summed E-state index contributed by atoms with van der Waals surface area (Å²) in [5.74, 6) is -1.56. The van der Waals surface area contributed by atoms with Gasteiger partial charge in [-0.2, -0.15) is 0 Å². The summed E-state index contributed by atoms with van der Waals surface area (Å²) in [6.45, 7) is 3.36. The number of amides is 2. The third kappa shape index (κ3) is 1.92. The molecule has 0 atom stereocenters. The van der Waals surface area contributed by atoms with E-state index in [4.69, 9.17) is 5.11 Å². The summed E-state index contributed by atoms with van der Waals surface area (Å²) in [6, 6.07) is 0. The van der Waals surface area contributed by atoms with Crippen LogP contribution in [-0.4, -0.2) is 34.3 Å². The Morgan fingerprint density at radius 1 is 1.50 bits per heavy atom. The number of aliphatic carboxylic acids is 1. The Bertz CT molecular complexity index is 295. The van der Waals surface area contributed by atoms with Crippen molar-refractivity contribution in [3.8, 4) is 0 Å². The number of rotatable bonds is 3. The van der Waals surface area contributed by atoms with Crippen molar-refractivity contribution in [2.75, 3.05) is 6.54 Å². The number of likely N-dealkylation sites (tertiary alicyclic amines) is 1. The van der Waals surface area contributed by atoms with Crippen molar-refractivity contribution in [3.05, 3.63) is 0 Å². The lowest BCUT2D eigenvalue weighted by molar-refractivity contribution is -0.142. The number of carboxylic acids is 1. The zero-order chi connectivity index (χ0) is 10.9. The quantitative estimate of drug-likeness (QED) is 0.661. The highest BCUT2D eigenvalue weighted by molar-refractivity contribution is 6.05. The smallest absolute Gasteiger partial charge is 0.305 e. The van der Waals surface area contributed by atoms with Gasteiger partial charge in [0.2, 0.25) is 11.8 Å². The Kier molecular flexibility index (Phi) is 2.59. The van der Waals surface area contributed by atoms with Gasteiger partial charge in [-0.15, -0.1) is 0 Å². The average Bonchev–Trinajstić information content (AvgIpc) is 2.19. The molecule has 5 heteroatoms. The van der Waals surface area contributed by atoms with Gasteiger partial charge in [0.15, 0.2) is 0 Å². The van der Waals surface area contributed by atoms with Gasteiger partial charge in [0.1, 0.15) is 0 Å². The maximum absolute atomic E-state index is 11.6. The Balaban J connectivity index is 2.67. The van der Waals surface area contributed by atoms with E-state index in [1.165, 1.54) is 0 Å². The van der Waals surface area contributed by atoms with E-state index in [1.807, 2.05) is 0 Å². The highest BCUT2D eigenvalue weighted by Gasteiger charge is 2.44. The van der Waals surface area contributed by atoms with Crippen molar-refractivity contribution in [2.45, 2.75) is 26.7 Å². The zero-order valence-electron chi connectivity index (χ0n) is 8.24. The topological polar surface area (TPSA) is 74.7 Å². The van der Waals surface area contributed by atoms with Crippen LogP contribution in [0.2, 0.25) is 0 Å². The molecule has 0 aromatic heterocycles. The van der Waals surface area contributed by atoms with E-state index in [0.29, 0.717) is 0 Å². The standard InChI is InChI=1S/C9H13NO4/c1-9(2)5-6(11)10(8(9)14)4-3-7(12)13/h3-5H2,1-2H3,(H,12,13). The van der Waals surface area contributed by atoms with Crippen LogP contribution >= 0.6 is 0 Å². The molecule has 1 N–H and O–H groups in total. The Morgan fingerprint density at radius 3 is 2.43 bits per heavy atom. The van der Waals surface area contributed by atoms with Gasteiger partial charge in [-0.1, -0.05) is 13.8 Å². The van der Waals surface area contributed by atoms with Crippen molar-refractivity contribution in [3.63, 3.8) is 0 Å². The number of carbonyl (C=O) groups is 3. The summed E-state index contributed by atoms with van der Waals surface area (Å²) in [5.41, 5.74) is -0.671. The number of hydrogen-bond acceptors (Lipinski definition) is 3. The molecule has 2 amide bonds. The summed E-state index contributed by atoms with van der Waals surface area (Å²) >= 11 is 0. The second-order valence-corrected chi connectivity index (χ2v) is 4.05. The zero-order valence-corrected chi connectivity index (χ0v) is 8.24. The maximum Gasteiger partial charge on any atom is 0.305 e. The second kappa shape index (κ2) is 3.40. The molecule has 1 aliphatic rings. The van der Waals surface area contributed by atoms with Crippen LogP contribution in [0.25, 0.3) is 0 Å². The van der Waals surface area contributed by atoms with E-state index >= 15 is 0 Å². The largest absolute Gasteiger partial charge is 0.481 e. The number of hydrogen-bond donors (Lipinski definition) is 1. The Hall–Kier alpha value is -1.39. The fourth-order valence-electron chi connectivity index (χ4n) is 1.46. The van der Waals surface area contributed by atoms with Crippen LogP contribution in [0.1, 0.15) is 26.7 Å². The molecule has 0 spiro atoms. The highest BCUT2D eigenvalue weighted by Crippen LogP contribution is 2.31. The Labute approximate surface area is 81.7 Å². The predicted molar refractivity (Wildman–Crippen MR) is 47.4 cm³/mol. The van der Waals surface area contributed by atoms with Crippen LogP contribution in [0.3, 0.4) is 0 Å². The van der Waals surface area contributed by atoms with Crippen LogP contribution in [0.15, 0.2) is 0 Å². The van der Waals surface area contributed by atoms with E-state index in [0.717, 1.165) is 4.90 Å². The molecule has 0 saturated carbocycles. The normalized spacial score (nSPS) is 20.3. The molecule has 1 aliphatic heterocycles. The van der Waals surface area contributed by atoms with E-state index < -0.39 is 11.4 Å². The molecular formula is C9H13NO4. The van der Waals surface area contributed by atoms with Gasteiger partial charge in [0.05, 0.1) is 11.8 Å². The molecule has 0 aromatic carbocycles. The SMILES string of the molecule is CC1(C)CC(=O)N(CCC(=O)O)C1=O. The molecule has 1 rings (SSSR count). The molecule has 0 radical (unpaired) electrons. The van der Waals surface area contributed by atoms with E-state index in [1.54, 1.807) is 13.8 Å². The summed E-state index contributed by atoms with van der Waals surface area (Å²) in [7, 11) is 0. The highest BCUT2D eigenvalue weighted by atomic mass is 16.4. The van der Waals surface area contributed by atoms with Crippen LogP contribution in [-0.2, 0) is 14.4 Å². The summed E-state index contributed by atoms with van der Waals surface area (Å²) in [6.07, 6.45) is -0.0149. The molecule has 0 unspecified atom stereocenters. The summed E-state index contributed by atoms with van der Waals surface area (Å²) in [4.78, 5) is 34.2. The molecule has 14 heavy (non-hydrogen) atoms. The van der Waals surface area contributed by atoms with Crippen LogP contribution in [0, 0.1) is 5.41 Å². The van der Waals surface area contributed by atoms with Crippen molar-refractivity contribution in [1.82, 2.24) is 4.90 Å². The molecule has 78 valence electrons. The molecule has 0 aromatic rings. The minimum atomic E-state index is -1.00. The molecule has 0 aliphatic carbocycles. The fraction of sp³-hybridized carbons (Fsp3) is 0.667. The molecule has 1 saturated heterocycles. The lowest BCUT2D eigenvalue weighted by Crippen LogP contribution is -2.34. The Morgan fingerprint density at radius 2 is 2.07 bits per heavy atom. The van der Waals surface area contributed by atoms with Gasteiger partial charge >= 0.3 is 5.97 Å². The molecular weight excluding hydrogens is 186 g/mol. The molecule has 1 fully saturated rings. The van der Waals surface area contributed by atoms with Crippen LogP contribution in [0.4, 0.5) is 0 Å². The first-order chi connectivity index (χ1) is 6.34. The summed E-state index contributed by atoms with van der Waals surface area (Å²) < 4.78 is 0. The molecule has 1 heterocycles. The lowest BCUT2D eigenvalue weighted by atomic mass is 9.92. The average molecular weight is 199 g/mol. The van der Waals surface area contributed by atoms with Crippen molar-refractivity contribution >= 4 is 17.8 Å². The first-order valence-corrected chi connectivity index (χ1v) is 4.41. The van der Waals surface area contributed by atoms with Crippen LogP contribution < -0.4 is 0 Å². The summed E-state index contributed by atoms with van der Waals surface area (Å²) in [5, 5.41) is 8.43. The number of carbonyl (C=O) groups excluding carboxylic acids is 2. The minimum absolute atomic E-state index is 0.0174. The van der Waals surface area contributed by atoms with E-state index in [2.05, 4.69) is 0 Å². The minimum Gasteiger partial charge on any atom is -0.481 e. The van der Waals surface area contributed by atoms with Gasteiger partial charge in [-0.05, 0) is 0 Å². The maximum atomic E-state index is 11.6. The fourth-order valence-corrected chi connectivity index (χ4v) is 1.46. The van der Waals surface area contributed by atoms with E-state index in [-0.39, 0.29) is 31.2 Å². The first-order valence-electron chi connectivity index (χ1n) is 4.41. The van der Waals surface area contributed by atoms with E-state index in [9.17, 15) is 14.4 Å². The third-order valence-corrected chi connectivity index (χ3v) is 2.27. The number of nitrogens with zero attached hydrogens (tertiary/aromatic N) is 1. The first kappa shape index (κ1) is 10.7. The lowest BCUT2D eigenvalue weighted by Gasteiger charge is -2.16. The van der Waals surface area contributed by atoms with Crippen molar-refractivity contribution < 1.29 is 19.5 Å². The second-order valence-electron chi connectivity index (χ2n) is 4.05. The van der Waals surface area contributed by atoms with Crippen LogP contribution in [0.5, 0.6) is 0 Å². The number of imide groups is 1. The molecule has 5 nitrogen and oxygen atoms in total. The molecule has 0 bridgehead atoms. The van der Waals surface area contributed by atoms with Crippen molar-refractivity contribution in [1.29, 1.82) is 0 Å².